The fourth-order valence-corrected chi connectivity index (χ4v) is 2.89. The van der Waals surface area contributed by atoms with Gasteiger partial charge in [0.25, 0.3) is 5.91 Å². The average Bonchev–Trinajstić information content (AvgIpc) is 2.42. The summed E-state index contributed by atoms with van der Waals surface area (Å²) in [6.45, 7) is 7.24. The van der Waals surface area contributed by atoms with Crippen LogP contribution >= 0.6 is 0 Å². The van der Waals surface area contributed by atoms with Crippen LogP contribution in [0.15, 0.2) is 18.3 Å². The molecule has 110 valence electrons. The molecule has 0 aromatic carbocycles. The van der Waals surface area contributed by atoms with Gasteiger partial charge in [-0.05, 0) is 37.3 Å². The fraction of sp³-hybridized carbons (Fsp3) is 0.625. The van der Waals surface area contributed by atoms with Gasteiger partial charge in [-0.25, -0.2) is 4.98 Å². The van der Waals surface area contributed by atoms with Gasteiger partial charge in [0.05, 0.1) is 5.56 Å². The molecule has 1 aromatic rings. The van der Waals surface area contributed by atoms with Gasteiger partial charge in [0.1, 0.15) is 5.82 Å². The minimum atomic E-state index is -0.0194. The summed E-state index contributed by atoms with van der Waals surface area (Å²) >= 11 is 0. The molecule has 1 saturated carbocycles. The summed E-state index contributed by atoms with van der Waals surface area (Å²) in [7, 11) is 0. The van der Waals surface area contributed by atoms with Crippen LogP contribution in [-0.2, 0) is 0 Å². The smallest absolute Gasteiger partial charge is 0.255 e. The van der Waals surface area contributed by atoms with E-state index in [1.54, 1.807) is 6.20 Å². The second kappa shape index (κ2) is 6.25. The van der Waals surface area contributed by atoms with E-state index in [0.29, 0.717) is 11.4 Å². The van der Waals surface area contributed by atoms with Crippen molar-refractivity contribution in [2.75, 3.05) is 11.9 Å². The van der Waals surface area contributed by atoms with E-state index >= 15 is 0 Å². The lowest BCUT2D eigenvalue weighted by molar-refractivity contribution is 0.0854. The van der Waals surface area contributed by atoms with E-state index in [4.69, 9.17) is 0 Å². The van der Waals surface area contributed by atoms with Crippen LogP contribution in [0.3, 0.4) is 0 Å². The lowest BCUT2D eigenvalue weighted by Gasteiger charge is -2.39. The van der Waals surface area contributed by atoms with E-state index in [2.05, 4.69) is 29.5 Å². The summed E-state index contributed by atoms with van der Waals surface area (Å²) in [5.41, 5.74) is 0.810. The number of hydrogen-bond acceptors (Lipinski definition) is 3. The minimum Gasteiger partial charge on any atom is -0.370 e. The first-order valence-corrected chi connectivity index (χ1v) is 7.54. The van der Waals surface area contributed by atoms with Crippen LogP contribution in [0.4, 0.5) is 5.82 Å². The van der Waals surface area contributed by atoms with E-state index < -0.39 is 0 Å². The molecule has 1 atom stereocenters. The van der Waals surface area contributed by atoms with Gasteiger partial charge in [0, 0.05) is 18.8 Å². The van der Waals surface area contributed by atoms with Crippen molar-refractivity contribution in [2.45, 2.75) is 52.5 Å². The van der Waals surface area contributed by atoms with Crippen LogP contribution in [-0.4, -0.2) is 23.5 Å². The number of pyridine rings is 1. The van der Waals surface area contributed by atoms with E-state index in [9.17, 15) is 4.79 Å². The molecular formula is C16H25N3O. The highest BCUT2D eigenvalue weighted by Gasteiger charge is 2.33. The topological polar surface area (TPSA) is 54.0 Å². The third-order valence-corrected chi connectivity index (χ3v) is 4.21. The Morgan fingerprint density at radius 3 is 2.95 bits per heavy atom. The van der Waals surface area contributed by atoms with Crippen LogP contribution in [0.2, 0.25) is 0 Å². The Morgan fingerprint density at radius 1 is 1.45 bits per heavy atom. The molecular weight excluding hydrogens is 250 g/mol. The van der Waals surface area contributed by atoms with E-state index in [1.807, 2.05) is 19.1 Å². The maximum absolute atomic E-state index is 12.5. The molecule has 0 spiro atoms. The number of anilines is 1. The van der Waals surface area contributed by atoms with Gasteiger partial charge in [0.2, 0.25) is 0 Å². The zero-order chi connectivity index (χ0) is 14.6. The van der Waals surface area contributed by atoms with Crippen molar-refractivity contribution in [3.63, 3.8) is 0 Å². The highest BCUT2D eigenvalue weighted by molar-refractivity contribution is 5.98. The monoisotopic (exact) mass is 275 g/mol. The third-order valence-electron chi connectivity index (χ3n) is 4.21. The molecule has 1 amide bonds. The van der Waals surface area contributed by atoms with Gasteiger partial charge in [-0.3, -0.25) is 4.79 Å². The number of nitrogens with zero attached hydrogens (tertiary/aromatic N) is 1. The molecule has 1 aliphatic carbocycles. The quantitative estimate of drug-likeness (QED) is 0.887. The third kappa shape index (κ3) is 3.30. The summed E-state index contributed by atoms with van der Waals surface area (Å²) < 4.78 is 0. The molecule has 2 N–H and O–H groups in total. The first-order chi connectivity index (χ1) is 9.54. The average molecular weight is 275 g/mol. The van der Waals surface area contributed by atoms with Crippen molar-refractivity contribution >= 4 is 11.7 Å². The van der Waals surface area contributed by atoms with E-state index in [1.165, 1.54) is 19.3 Å². The molecule has 4 nitrogen and oxygen atoms in total. The van der Waals surface area contributed by atoms with Crippen molar-refractivity contribution < 1.29 is 4.79 Å². The van der Waals surface area contributed by atoms with Crippen molar-refractivity contribution in [1.82, 2.24) is 10.3 Å². The van der Waals surface area contributed by atoms with Crippen LogP contribution in [0.5, 0.6) is 0 Å². The van der Waals surface area contributed by atoms with Gasteiger partial charge in [-0.1, -0.05) is 26.7 Å². The van der Waals surface area contributed by atoms with Gasteiger partial charge in [-0.15, -0.1) is 0 Å². The Balaban J connectivity index is 2.12. The van der Waals surface area contributed by atoms with Crippen molar-refractivity contribution in [1.29, 1.82) is 0 Å². The first kappa shape index (κ1) is 14.8. The summed E-state index contributed by atoms with van der Waals surface area (Å²) in [5.74, 6) is 0.648. The zero-order valence-electron chi connectivity index (χ0n) is 12.7. The summed E-state index contributed by atoms with van der Waals surface area (Å²) in [6, 6.07) is 3.89. The van der Waals surface area contributed by atoms with Crippen LogP contribution < -0.4 is 10.6 Å². The molecule has 1 fully saturated rings. The lowest BCUT2D eigenvalue weighted by atomic mass is 9.73. The second-order valence-corrected chi connectivity index (χ2v) is 6.19. The maximum Gasteiger partial charge on any atom is 0.255 e. The van der Waals surface area contributed by atoms with Crippen LogP contribution in [0, 0.1) is 5.41 Å². The molecule has 2 rings (SSSR count). The Bertz CT molecular complexity index is 471. The molecule has 1 heterocycles. The number of hydrogen-bond donors (Lipinski definition) is 2. The highest BCUT2D eigenvalue weighted by atomic mass is 16.1. The standard InChI is InChI=1S/C16H25N3O/c1-4-17-14-12(8-7-11-18-14)15(20)19-13-9-5-6-10-16(13,2)3/h7-8,11,13H,4-6,9-10H2,1-3H3,(H,17,18)(H,19,20). The number of aromatic nitrogens is 1. The fourth-order valence-electron chi connectivity index (χ4n) is 2.89. The number of carbonyl (C=O) groups is 1. The summed E-state index contributed by atoms with van der Waals surface area (Å²) in [4.78, 5) is 16.8. The number of nitrogens with one attached hydrogen (secondary N) is 2. The summed E-state index contributed by atoms with van der Waals surface area (Å²) in [5, 5.41) is 6.35. The van der Waals surface area contributed by atoms with Gasteiger partial charge in [-0.2, -0.15) is 0 Å². The van der Waals surface area contributed by atoms with Crippen molar-refractivity contribution in [2.24, 2.45) is 5.41 Å². The van der Waals surface area contributed by atoms with Crippen LogP contribution in [0.1, 0.15) is 56.8 Å². The normalized spacial score (nSPS) is 21.2. The minimum absolute atomic E-state index is 0.0194. The lowest BCUT2D eigenvalue weighted by Crippen LogP contribution is -2.47. The first-order valence-electron chi connectivity index (χ1n) is 7.54. The molecule has 1 aromatic heterocycles. The molecule has 0 aliphatic heterocycles. The van der Waals surface area contributed by atoms with E-state index in [-0.39, 0.29) is 17.4 Å². The Hall–Kier alpha value is -1.58. The van der Waals surface area contributed by atoms with Gasteiger partial charge in [0.15, 0.2) is 0 Å². The number of carbonyl (C=O) groups excluding carboxylic acids is 1. The molecule has 1 unspecified atom stereocenters. The molecule has 0 saturated heterocycles. The van der Waals surface area contributed by atoms with Crippen molar-refractivity contribution in [3.05, 3.63) is 23.9 Å². The Labute approximate surface area is 121 Å². The predicted molar refractivity (Wildman–Crippen MR) is 81.9 cm³/mol. The van der Waals surface area contributed by atoms with Crippen LogP contribution in [0.25, 0.3) is 0 Å². The molecule has 4 heteroatoms. The van der Waals surface area contributed by atoms with Gasteiger partial charge >= 0.3 is 0 Å². The van der Waals surface area contributed by atoms with E-state index in [0.717, 1.165) is 13.0 Å². The molecule has 20 heavy (non-hydrogen) atoms. The SMILES string of the molecule is CCNc1ncccc1C(=O)NC1CCCCC1(C)C. The molecule has 0 radical (unpaired) electrons. The second-order valence-electron chi connectivity index (χ2n) is 6.19. The zero-order valence-corrected chi connectivity index (χ0v) is 12.7. The molecule has 1 aliphatic rings. The summed E-state index contributed by atoms with van der Waals surface area (Å²) in [6.07, 6.45) is 6.40. The highest BCUT2D eigenvalue weighted by Crippen LogP contribution is 2.35. The Morgan fingerprint density at radius 2 is 2.25 bits per heavy atom. The Kier molecular flexibility index (Phi) is 4.63. The predicted octanol–water partition coefficient (Wildman–Crippen LogP) is 3.21. The van der Waals surface area contributed by atoms with Crippen molar-refractivity contribution in [3.8, 4) is 0 Å². The molecule has 0 bridgehead atoms. The van der Waals surface area contributed by atoms with Gasteiger partial charge < -0.3 is 10.6 Å². The maximum atomic E-state index is 12.5. The number of rotatable bonds is 4. The number of amides is 1. The largest absolute Gasteiger partial charge is 0.370 e.